The molecule has 5 atom stereocenters. The van der Waals surface area contributed by atoms with E-state index in [2.05, 4.69) is 11.7 Å². The number of esters is 3. The van der Waals surface area contributed by atoms with Crippen molar-refractivity contribution >= 4 is 59.6 Å². The first-order valence-electron chi connectivity index (χ1n) is 9.27. The van der Waals surface area contributed by atoms with Crippen LogP contribution in [0.15, 0.2) is 23.2 Å². The molecule has 1 aliphatic heterocycles. The van der Waals surface area contributed by atoms with Crippen LogP contribution in [-0.4, -0.2) is 61.0 Å². The molecule has 1 fully saturated rings. The molecule has 1 saturated heterocycles. The van der Waals surface area contributed by atoms with Gasteiger partial charge in [0.1, 0.15) is 24.2 Å². The van der Waals surface area contributed by atoms with Gasteiger partial charge in [-0.25, -0.2) is 0 Å². The van der Waals surface area contributed by atoms with Gasteiger partial charge in [-0.2, -0.15) is 0 Å². The van der Waals surface area contributed by atoms with Crippen molar-refractivity contribution in [2.75, 3.05) is 6.61 Å². The molecule has 0 amide bonds. The molecule has 0 aromatic heterocycles. The molecular weight excluding hydrogens is 469 g/mol. The fourth-order valence-electron chi connectivity index (χ4n) is 3.03. The van der Waals surface area contributed by atoms with Crippen molar-refractivity contribution in [2.45, 2.75) is 56.3 Å². The van der Waals surface area contributed by atoms with Crippen LogP contribution in [-0.2, 0) is 39.1 Å². The van der Waals surface area contributed by atoms with E-state index in [1.54, 1.807) is 12.1 Å². The Hall–Kier alpha value is -1.81. The van der Waals surface area contributed by atoms with Crippen molar-refractivity contribution < 1.29 is 33.3 Å². The Morgan fingerprint density at radius 2 is 1.71 bits per heavy atom. The number of benzene rings is 1. The number of rotatable bonds is 8. The second-order valence-corrected chi connectivity index (χ2v) is 8.63. The van der Waals surface area contributed by atoms with E-state index in [-0.39, 0.29) is 6.61 Å². The van der Waals surface area contributed by atoms with E-state index in [4.69, 9.17) is 42.1 Å². The molecule has 2 rings (SSSR count). The molecule has 0 saturated carbocycles. The van der Waals surface area contributed by atoms with Crippen LogP contribution < -0.4 is 0 Å². The largest absolute Gasteiger partial charge is 0.463 e. The van der Waals surface area contributed by atoms with E-state index >= 15 is 0 Å². The quantitative estimate of drug-likeness (QED) is 0.309. The Kier molecular flexibility index (Phi) is 9.61. The molecule has 0 N–H and O–H groups in total. The van der Waals surface area contributed by atoms with Gasteiger partial charge in [0.25, 0.3) is 0 Å². The third-order valence-electron chi connectivity index (χ3n) is 4.28. The van der Waals surface area contributed by atoms with Gasteiger partial charge in [-0.1, -0.05) is 29.3 Å². The number of hydrogen-bond acceptors (Lipinski definition) is 9. The third-order valence-corrected chi connectivity index (χ3v) is 6.23. The van der Waals surface area contributed by atoms with Gasteiger partial charge in [-0.05, 0) is 24.4 Å². The molecule has 31 heavy (non-hydrogen) atoms. The van der Waals surface area contributed by atoms with Crippen molar-refractivity contribution in [2.24, 2.45) is 4.99 Å². The van der Waals surface area contributed by atoms with Crippen LogP contribution in [0.2, 0.25) is 10.0 Å². The van der Waals surface area contributed by atoms with Crippen LogP contribution in [0.25, 0.3) is 0 Å². The van der Waals surface area contributed by atoms with Gasteiger partial charge in [0.05, 0.1) is 10.0 Å². The standard InChI is InChI=1S/C20H23Cl2NO7S/c1-10(24)27-8-16-18(28-11(2)25)17(23-4)19(29-12(3)26)20(30-16)31-9-13-5-6-14(21)15(22)7-13/h5-7,16-20H,4,8-9H2,1-3H3/t16?,17?,18-,19?,20+/m0/s1. The summed E-state index contributed by atoms with van der Waals surface area (Å²) in [5, 5.41) is 0.845. The lowest BCUT2D eigenvalue weighted by molar-refractivity contribution is -0.200. The lowest BCUT2D eigenvalue weighted by Crippen LogP contribution is -2.59. The molecule has 170 valence electrons. The molecule has 3 unspecified atom stereocenters. The van der Waals surface area contributed by atoms with E-state index < -0.39 is 47.7 Å². The Labute approximate surface area is 194 Å². The molecule has 8 nitrogen and oxygen atoms in total. The highest BCUT2D eigenvalue weighted by Crippen LogP contribution is 2.36. The summed E-state index contributed by atoms with van der Waals surface area (Å²) in [5.41, 5.74) is 0.160. The molecule has 0 aliphatic carbocycles. The summed E-state index contributed by atoms with van der Waals surface area (Å²) in [6, 6.07) is 4.39. The highest BCUT2D eigenvalue weighted by atomic mass is 35.5. The molecule has 0 radical (unpaired) electrons. The molecule has 1 aliphatic rings. The zero-order chi connectivity index (χ0) is 23.1. The van der Waals surface area contributed by atoms with E-state index in [1.165, 1.54) is 32.5 Å². The summed E-state index contributed by atoms with van der Waals surface area (Å²) in [6.45, 7) is 7.14. The lowest BCUT2D eigenvalue weighted by atomic mass is 9.97. The SMILES string of the molecule is C=NC1C(OC(C)=O)[C@@H](SCc2ccc(Cl)c(Cl)c2)OC(COC(C)=O)[C@@H]1OC(C)=O. The minimum atomic E-state index is -0.958. The molecular formula is C20H23Cl2NO7S. The summed E-state index contributed by atoms with van der Waals surface area (Å²) >= 11 is 13.4. The van der Waals surface area contributed by atoms with Crippen molar-refractivity contribution in [1.82, 2.24) is 0 Å². The third kappa shape index (κ3) is 7.38. The van der Waals surface area contributed by atoms with Crippen LogP contribution in [0.1, 0.15) is 26.3 Å². The highest BCUT2D eigenvalue weighted by Gasteiger charge is 2.50. The van der Waals surface area contributed by atoms with Gasteiger partial charge in [0.15, 0.2) is 12.2 Å². The Morgan fingerprint density at radius 1 is 1.06 bits per heavy atom. The number of halogens is 2. The van der Waals surface area contributed by atoms with Gasteiger partial charge in [0, 0.05) is 26.5 Å². The smallest absolute Gasteiger partial charge is 0.303 e. The fourth-order valence-corrected chi connectivity index (χ4v) is 4.52. The number of nitrogens with zero attached hydrogens (tertiary/aromatic N) is 1. The van der Waals surface area contributed by atoms with Gasteiger partial charge in [-0.15, -0.1) is 11.8 Å². The second-order valence-electron chi connectivity index (χ2n) is 6.73. The minimum Gasteiger partial charge on any atom is -0.463 e. The molecule has 0 bridgehead atoms. The summed E-state index contributed by atoms with van der Waals surface area (Å²) in [6.07, 6.45) is -2.68. The topological polar surface area (TPSA) is 100 Å². The monoisotopic (exact) mass is 491 g/mol. The van der Waals surface area contributed by atoms with E-state index in [0.717, 1.165) is 5.56 Å². The molecule has 11 heteroatoms. The van der Waals surface area contributed by atoms with Gasteiger partial charge in [0.2, 0.25) is 0 Å². The van der Waals surface area contributed by atoms with Crippen LogP contribution >= 0.6 is 35.0 Å². The predicted molar refractivity (Wildman–Crippen MR) is 117 cm³/mol. The molecule has 1 heterocycles. The summed E-state index contributed by atoms with van der Waals surface area (Å²) in [5.74, 6) is -1.21. The average Bonchev–Trinajstić information content (AvgIpc) is 2.68. The number of ether oxygens (including phenoxy) is 4. The van der Waals surface area contributed by atoms with Crippen molar-refractivity contribution in [3.8, 4) is 0 Å². The van der Waals surface area contributed by atoms with Crippen molar-refractivity contribution in [3.05, 3.63) is 33.8 Å². The average molecular weight is 492 g/mol. The van der Waals surface area contributed by atoms with E-state index in [1.807, 2.05) is 6.07 Å². The lowest BCUT2D eigenvalue weighted by Gasteiger charge is -2.43. The van der Waals surface area contributed by atoms with Crippen LogP contribution in [0.5, 0.6) is 0 Å². The van der Waals surface area contributed by atoms with Gasteiger partial charge in [-0.3, -0.25) is 19.4 Å². The first-order valence-corrected chi connectivity index (χ1v) is 11.1. The number of aliphatic imine (C=N–C) groups is 1. The highest BCUT2D eigenvalue weighted by molar-refractivity contribution is 7.99. The molecule has 0 spiro atoms. The maximum absolute atomic E-state index is 11.7. The Balaban J connectivity index is 2.29. The number of thioether (sulfide) groups is 1. The Morgan fingerprint density at radius 3 is 2.26 bits per heavy atom. The predicted octanol–water partition coefficient (Wildman–Crippen LogP) is 3.45. The van der Waals surface area contributed by atoms with Crippen LogP contribution in [0.4, 0.5) is 0 Å². The molecule has 1 aromatic rings. The number of hydrogen-bond donors (Lipinski definition) is 0. The van der Waals surface area contributed by atoms with E-state index in [0.29, 0.717) is 15.8 Å². The maximum Gasteiger partial charge on any atom is 0.303 e. The zero-order valence-electron chi connectivity index (χ0n) is 17.2. The van der Waals surface area contributed by atoms with Crippen LogP contribution in [0, 0.1) is 0 Å². The van der Waals surface area contributed by atoms with Gasteiger partial charge < -0.3 is 18.9 Å². The zero-order valence-corrected chi connectivity index (χ0v) is 19.5. The normalized spacial score (nSPS) is 25.4. The Bertz CT molecular complexity index is 838. The summed E-state index contributed by atoms with van der Waals surface area (Å²) in [7, 11) is 0. The van der Waals surface area contributed by atoms with Crippen molar-refractivity contribution in [3.63, 3.8) is 0 Å². The summed E-state index contributed by atoms with van der Waals surface area (Å²) < 4.78 is 22.0. The van der Waals surface area contributed by atoms with Gasteiger partial charge >= 0.3 is 17.9 Å². The van der Waals surface area contributed by atoms with Crippen molar-refractivity contribution in [1.29, 1.82) is 0 Å². The van der Waals surface area contributed by atoms with Crippen LogP contribution in [0.3, 0.4) is 0 Å². The molecule has 1 aromatic carbocycles. The first-order chi connectivity index (χ1) is 14.6. The second kappa shape index (κ2) is 11.7. The summed E-state index contributed by atoms with van der Waals surface area (Å²) in [4.78, 5) is 38.8. The maximum atomic E-state index is 11.7. The number of carbonyl (C=O) groups excluding carboxylic acids is 3. The fraction of sp³-hybridized carbons (Fsp3) is 0.500. The first kappa shape index (κ1) is 25.5. The minimum absolute atomic E-state index is 0.171. The number of carbonyl (C=O) groups is 3. The van der Waals surface area contributed by atoms with E-state index in [9.17, 15) is 14.4 Å².